The number of H-pyrrole nitrogens is 1. The van der Waals surface area contributed by atoms with Crippen LogP contribution in [0.3, 0.4) is 0 Å². The molecule has 0 bridgehead atoms. The zero-order valence-electron chi connectivity index (χ0n) is 8.46. The quantitative estimate of drug-likeness (QED) is 0.619. The lowest BCUT2D eigenvalue weighted by Gasteiger charge is -2.10. The number of aromatic nitrogens is 2. The molecule has 1 aromatic heterocycles. The predicted molar refractivity (Wildman–Crippen MR) is 49.8 cm³/mol. The van der Waals surface area contributed by atoms with Crippen LogP contribution < -0.4 is 17.0 Å². The molecule has 0 spiro atoms. The molecule has 0 aromatic carbocycles. The van der Waals surface area contributed by atoms with Gasteiger partial charge in [0.2, 0.25) is 6.33 Å². The first-order valence-electron chi connectivity index (χ1n) is 4.92. The van der Waals surface area contributed by atoms with E-state index in [0.29, 0.717) is 6.04 Å². The van der Waals surface area contributed by atoms with E-state index in [1.165, 1.54) is 25.7 Å². The monoisotopic (exact) mass is 202 g/mol. The summed E-state index contributed by atoms with van der Waals surface area (Å²) in [4.78, 5) is 3.09. The van der Waals surface area contributed by atoms with Crippen molar-refractivity contribution >= 4 is 0 Å². The first-order valence-corrected chi connectivity index (χ1v) is 4.92. The zero-order valence-corrected chi connectivity index (χ0v) is 9.22. The number of nitrogens with zero attached hydrogens (tertiary/aromatic N) is 1. The first kappa shape index (κ1) is 12.5. The third-order valence-electron chi connectivity index (χ3n) is 2.23. The molecule has 76 valence electrons. The van der Waals surface area contributed by atoms with Gasteiger partial charge in [0.25, 0.3) is 0 Å². The van der Waals surface area contributed by atoms with Crippen LogP contribution in [-0.2, 0) is 0 Å². The number of aromatic amines is 1. The standard InChI is InChI=1S/C10H18N2.ClH/c1-3-5-10(6-4-2)12-8-7-11-9-12;/h7-10H,3-6H2,1-2H3;1H. The number of hydrogen-bond donors (Lipinski definition) is 1. The van der Waals surface area contributed by atoms with Gasteiger partial charge in [0, 0.05) is 0 Å². The Hall–Kier alpha value is -0.500. The summed E-state index contributed by atoms with van der Waals surface area (Å²) in [5.74, 6) is 0. The predicted octanol–water partition coefficient (Wildman–Crippen LogP) is -0.552. The SMILES string of the molecule is CCCC(CCC)[n+]1cc[nH]c1.[Cl-]. The summed E-state index contributed by atoms with van der Waals surface area (Å²) in [5, 5.41) is 0. The van der Waals surface area contributed by atoms with Crippen molar-refractivity contribution in [2.75, 3.05) is 0 Å². The summed E-state index contributed by atoms with van der Waals surface area (Å²) in [6.45, 7) is 4.49. The Labute approximate surface area is 86.8 Å². The van der Waals surface area contributed by atoms with Crippen molar-refractivity contribution in [3.8, 4) is 0 Å². The van der Waals surface area contributed by atoms with Crippen molar-refractivity contribution in [1.29, 1.82) is 0 Å². The lowest BCUT2D eigenvalue weighted by Crippen LogP contribution is -3.00. The summed E-state index contributed by atoms with van der Waals surface area (Å²) in [6.07, 6.45) is 11.3. The average Bonchev–Trinajstić information content (AvgIpc) is 2.56. The summed E-state index contributed by atoms with van der Waals surface area (Å²) in [6, 6.07) is 0.700. The third kappa shape index (κ3) is 3.81. The van der Waals surface area contributed by atoms with Crippen LogP contribution in [-0.4, -0.2) is 4.98 Å². The molecule has 1 rings (SSSR count). The van der Waals surface area contributed by atoms with E-state index in [1.54, 1.807) is 0 Å². The van der Waals surface area contributed by atoms with Crippen molar-refractivity contribution < 1.29 is 17.0 Å². The Morgan fingerprint density at radius 1 is 1.23 bits per heavy atom. The molecule has 2 nitrogen and oxygen atoms in total. The highest BCUT2D eigenvalue weighted by atomic mass is 35.5. The Bertz CT molecular complexity index is 191. The molecular formula is C10H19ClN2. The van der Waals surface area contributed by atoms with Gasteiger partial charge in [0.15, 0.2) is 0 Å². The molecule has 1 aromatic rings. The van der Waals surface area contributed by atoms with Crippen molar-refractivity contribution in [3.05, 3.63) is 18.7 Å². The van der Waals surface area contributed by atoms with Gasteiger partial charge < -0.3 is 12.4 Å². The maximum absolute atomic E-state index is 3.09. The van der Waals surface area contributed by atoms with E-state index in [2.05, 4.69) is 35.9 Å². The van der Waals surface area contributed by atoms with Crippen LogP contribution in [0.4, 0.5) is 0 Å². The normalized spacial score (nSPS) is 10.1. The maximum Gasteiger partial charge on any atom is 0.241 e. The van der Waals surface area contributed by atoms with E-state index in [4.69, 9.17) is 0 Å². The molecule has 0 unspecified atom stereocenters. The molecular weight excluding hydrogens is 184 g/mol. The highest BCUT2D eigenvalue weighted by Crippen LogP contribution is 2.12. The highest BCUT2D eigenvalue weighted by molar-refractivity contribution is 4.59. The largest absolute Gasteiger partial charge is 1.00 e. The van der Waals surface area contributed by atoms with Crippen LogP contribution in [0.25, 0.3) is 0 Å². The Balaban J connectivity index is 0.00000144. The van der Waals surface area contributed by atoms with E-state index >= 15 is 0 Å². The van der Waals surface area contributed by atoms with Crippen LogP contribution >= 0.6 is 0 Å². The lowest BCUT2D eigenvalue weighted by molar-refractivity contribution is -0.723. The molecule has 13 heavy (non-hydrogen) atoms. The van der Waals surface area contributed by atoms with E-state index in [0.717, 1.165) is 0 Å². The Morgan fingerprint density at radius 3 is 2.23 bits per heavy atom. The summed E-state index contributed by atoms with van der Waals surface area (Å²) < 4.78 is 2.28. The van der Waals surface area contributed by atoms with Gasteiger partial charge in [-0.1, -0.05) is 26.7 Å². The molecule has 0 amide bonds. The zero-order chi connectivity index (χ0) is 8.81. The number of rotatable bonds is 5. The minimum Gasteiger partial charge on any atom is -1.00 e. The number of halogens is 1. The van der Waals surface area contributed by atoms with Gasteiger partial charge in [-0.3, -0.25) is 4.98 Å². The summed E-state index contributed by atoms with van der Waals surface area (Å²) in [5.41, 5.74) is 0. The Morgan fingerprint density at radius 2 is 1.85 bits per heavy atom. The molecule has 0 atom stereocenters. The lowest BCUT2D eigenvalue weighted by atomic mass is 10.1. The van der Waals surface area contributed by atoms with Crippen molar-refractivity contribution in [2.45, 2.75) is 45.6 Å². The second-order valence-electron chi connectivity index (χ2n) is 3.29. The topological polar surface area (TPSA) is 19.7 Å². The number of nitrogens with one attached hydrogen (secondary N) is 1. The van der Waals surface area contributed by atoms with Crippen LogP contribution in [0.5, 0.6) is 0 Å². The van der Waals surface area contributed by atoms with Gasteiger partial charge >= 0.3 is 0 Å². The second kappa shape index (κ2) is 6.96. The molecule has 1 N–H and O–H groups in total. The minimum absolute atomic E-state index is 0. The van der Waals surface area contributed by atoms with Crippen LogP contribution in [0.2, 0.25) is 0 Å². The molecule has 0 fully saturated rings. The fraction of sp³-hybridized carbons (Fsp3) is 0.700. The summed E-state index contributed by atoms with van der Waals surface area (Å²) >= 11 is 0. The Kier molecular flexibility index (Phi) is 6.69. The average molecular weight is 203 g/mol. The van der Waals surface area contributed by atoms with E-state index < -0.39 is 0 Å². The maximum atomic E-state index is 3.09. The molecule has 3 heteroatoms. The van der Waals surface area contributed by atoms with E-state index in [1.807, 2.05) is 6.20 Å². The van der Waals surface area contributed by atoms with Gasteiger partial charge in [-0.2, -0.15) is 0 Å². The summed E-state index contributed by atoms with van der Waals surface area (Å²) in [7, 11) is 0. The molecule has 0 radical (unpaired) electrons. The van der Waals surface area contributed by atoms with Crippen LogP contribution in [0, 0.1) is 0 Å². The molecule has 0 saturated heterocycles. The molecule has 0 saturated carbocycles. The van der Waals surface area contributed by atoms with Gasteiger partial charge in [0.05, 0.1) is 0 Å². The minimum atomic E-state index is 0. The number of hydrogen-bond acceptors (Lipinski definition) is 0. The van der Waals surface area contributed by atoms with Crippen molar-refractivity contribution in [1.82, 2.24) is 4.98 Å². The smallest absolute Gasteiger partial charge is 0.241 e. The molecule has 0 aliphatic rings. The third-order valence-corrected chi connectivity index (χ3v) is 2.23. The highest BCUT2D eigenvalue weighted by Gasteiger charge is 2.12. The van der Waals surface area contributed by atoms with Crippen molar-refractivity contribution in [2.24, 2.45) is 0 Å². The van der Waals surface area contributed by atoms with E-state index in [-0.39, 0.29) is 12.4 Å². The molecule has 1 heterocycles. The van der Waals surface area contributed by atoms with Gasteiger partial charge in [-0.05, 0) is 12.8 Å². The van der Waals surface area contributed by atoms with Gasteiger partial charge in [-0.25, -0.2) is 4.57 Å². The number of imidazole rings is 1. The second-order valence-corrected chi connectivity index (χ2v) is 3.29. The van der Waals surface area contributed by atoms with Crippen LogP contribution in [0.15, 0.2) is 18.7 Å². The fourth-order valence-corrected chi connectivity index (χ4v) is 1.64. The van der Waals surface area contributed by atoms with Crippen LogP contribution in [0.1, 0.15) is 45.6 Å². The van der Waals surface area contributed by atoms with Gasteiger partial charge in [0.1, 0.15) is 18.4 Å². The van der Waals surface area contributed by atoms with E-state index in [9.17, 15) is 0 Å². The molecule has 0 aliphatic heterocycles. The first-order chi connectivity index (χ1) is 5.88. The fourth-order valence-electron chi connectivity index (χ4n) is 1.64. The molecule has 0 aliphatic carbocycles. The van der Waals surface area contributed by atoms with Gasteiger partial charge in [-0.15, -0.1) is 0 Å². The van der Waals surface area contributed by atoms with Crippen molar-refractivity contribution in [3.63, 3.8) is 0 Å².